The van der Waals surface area contributed by atoms with Crippen molar-refractivity contribution in [2.24, 2.45) is 11.1 Å². The first-order chi connectivity index (χ1) is 7.78. The second-order valence-electron chi connectivity index (χ2n) is 5.47. The van der Waals surface area contributed by atoms with Gasteiger partial charge in [-0.05, 0) is 36.8 Å². The van der Waals surface area contributed by atoms with Gasteiger partial charge in [-0.25, -0.2) is 0 Å². The van der Waals surface area contributed by atoms with Gasteiger partial charge in [-0.2, -0.15) is 0 Å². The number of hydrogen-bond donors (Lipinski definition) is 1. The quantitative estimate of drug-likeness (QED) is 0.819. The van der Waals surface area contributed by atoms with E-state index < -0.39 is 0 Å². The standard InChI is InChI=1S/C14H20N2/c15-13-9-14(13)7-4-8-16(11-14)10-12-5-2-1-3-6-12/h1-3,5-6,13H,4,7-11,15H2. The van der Waals surface area contributed by atoms with Crippen LogP contribution >= 0.6 is 0 Å². The Morgan fingerprint density at radius 1 is 1.31 bits per heavy atom. The molecular formula is C14H20N2. The van der Waals surface area contributed by atoms with Crippen molar-refractivity contribution in [2.45, 2.75) is 31.8 Å². The highest BCUT2D eigenvalue weighted by atomic mass is 15.2. The predicted molar refractivity (Wildman–Crippen MR) is 66.0 cm³/mol. The van der Waals surface area contributed by atoms with Gasteiger partial charge >= 0.3 is 0 Å². The molecular weight excluding hydrogens is 196 g/mol. The van der Waals surface area contributed by atoms with Crippen molar-refractivity contribution in [3.8, 4) is 0 Å². The molecule has 2 atom stereocenters. The zero-order valence-corrected chi connectivity index (χ0v) is 9.73. The van der Waals surface area contributed by atoms with Crippen molar-refractivity contribution < 1.29 is 0 Å². The summed E-state index contributed by atoms with van der Waals surface area (Å²) in [6, 6.07) is 11.2. The molecule has 3 rings (SSSR count). The third kappa shape index (κ3) is 1.87. The summed E-state index contributed by atoms with van der Waals surface area (Å²) >= 11 is 0. The molecule has 2 heteroatoms. The van der Waals surface area contributed by atoms with Crippen LogP contribution in [0.25, 0.3) is 0 Å². The lowest BCUT2D eigenvalue weighted by Gasteiger charge is -2.33. The molecule has 2 fully saturated rings. The molecule has 16 heavy (non-hydrogen) atoms. The van der Waals surface area contributed by atoms with Gasteiger partial charge in [-0.1, -0.05) is 30.3 Å². The van der Waals surface area contributed by atoms with E-state index in [9.17, 15) is 0 Å². The number of likely N-dealkylation sites (tertiary alicyclic amines) is 1. The average Bonchev–Trinajstić information content (AvgIpc) is 2.89. The Morgan fingerprint density at radius 3 is 2.75 bits per heavy atom. The fraction of sp³-hybridized carbons (Fsp3) is 0.571. The Bertz CT molecular complexity index is 362. The molecule has 1 aromatic rings. The largest absolute Gasteiger partial charge is 0.327 e. The summed E-state index contributed by atoms with van der Waals surface area (Å²) in [5.74, 6) is 0. The summed E-state index contributed by atoms with van der Waals surface area (Å²) in [6.45, 7) is 3.54. The molecule has 2 aliphatic rings. The molecule has 1 saturated heterocycles. The topological polar surface area (TPSA) is 29.3 Å². The van der Waals surface area contributed by atoms with Crippen LogP contribution < -0.4 is 5.73 Å². The molecule has 0 amide bonds. The van der Waals surface area contributed by atoms with Crippen LogP contribution in [0.2, 0.25) is 0 Å². The van der Waals surface area contributed by atoms with Crippen LogP contribution in [0.4, 0.5) is 0 Å². The first-order valence-corrected chi connectivity index (χ1v) is 6.30. The van der Waals surface area contributed by atoms with E-state index in [1.165, 1.54) is 37.9 Å². The average molecular weight is 216 g/mol. The van der Waals surface area contributed by atoms with Crippen LogP contribution in [0, 0.1) is 5.41 Å². The van der Waals surface area contributed by atoms with Gasteiger partial charge in [0.15, 0.2) is 0 Å². The fourth-order valence-electron chi connectivity index (χ4n) is 3.08. The van der Waals surface area contributed by atoms with Crippen LogP contribution in [0.15, 0.2) is 30.3 Å². The molecule has 0 bridgehead atoms. The van der Waals surface area contributed by atoms with Crippen molar-refractivity contribution in [3.63, 3.8) is 0 Å². The van der Waals surface area contributed by atoms with Gasteiger partial charge in [0.2, 0.25) is 0 Å². The van der Waals surface area contributed by atoms with Gasteiger partial charge in [0.1, 0.15) is 0 Å². The molecule has 0 aromatic heterocycles. The minimum atomic E-state index is 0.478. The fourth-order valence-corrected chi connectivity index (χ4v) is 3.08. The zero-order valence-electron chi connectivity index (χ0n) is 9.73. The Kier molecular flexibility index (Phi) is 2.49. The molecule has 86 valence electrons. The van der Waals surface area contributed by atoms with Crippen LogP contribution in [0.5, 0.6) is 0 Å². The van der Waals surface area contributed by atoms with Crippen LogP contribution in [-0.2, 0) is 6.54 Å². The van der Waals surface area contributed by atoms with Gasteiger partial charge in [-0.15, -0.1) is 0 Å². The minimum Gasteiger partial charge on any atom is -0.327 e. The van der Waals surface area contributed by atoms with Gasteiger partial charge in [0.25, 0.3) is 0 Å². The summed E-state index contributed by atoms with van der Waals surface area (Å²) in [5, 5.41) is 0. The monoisotopic (exact) mass is 216 g/mol. The van der Waals surface area contributed by atoms with Crippen LogP contribution in [-0.4, -0.2) is 24.0 Å². The molecule has 2 unspecified atom stereocenters. The van der Waals surface area contributed by atoms with Crippen molar-refractivity contribution in [1.29, 1.82) is 0 Å². The van der Waals surface area contributed by atoms with Gasteiger partial charge < -0.3 is 5.73 Å². The zero-order chi connectivity index (χ0) is 11.0. The van der Waals surface area contributed by atoms with E-state index >= 15 is 0 Å². The first kappa shape index (κ1) is 10.3. The Hall–Kier alpha value is -0.860. The number of piperidine rings is 1. The Labute approximate surface area is 97.4 Å². The lowest BCUT2D eigenvalue weighted by molar-refractivity contribution is 0.150. The number of nitrogens with zero attached hydrogens (tertiary/aromatic N) is 1. The Morgan fingerprint density at radius 2 is 2.06 bits per heavy atom. The normalized spacial score (nSPS) is 34.2. The number of hydrogen-bond acceptors (Lipinski definition) is 2. The third-order valence-electron chi connectivity index (χ3n) is 4.19. The van der Waals surface area contributed by atoms with Crippen molar-refractivity contribution >= 4 is 0 Å². The molecule has 1 aromatic carbocycles. The molecule has 2 nitrogen and oxygen atoms in total. The van der Waals surface area contributed by atoms with Gasteiger partial charge in [0, 0.05) is 19.1 Å². The van der Waals surface area contributed by atoms with E-state index in [1.54, 1.807) is 0 Å². The number of benzene rings is 1. The molecule has 2 N–H and O–H groups in total. The van der Waals surface area contributed by atoms with Crippen LogP contribution in [0.3, 0.4) is 0 Å². The maximum Gasteiger partial charge on any atom is 0.0233 e. The van der Waals surface area contributed by atoms with E-state index in [4.69, 9.17) is 5.73 Å². The molecule has 1 spiro atoms. The first-order valence-electron chi connectivity index (χ1n) is 6.30. The van der Waals surface area contributed by atoms with E-state index in [-0.39, 0.29) is 0 Å². The van der Waals surface area contributed by atoms with Gasteiger partial charge in [0.05, 0.1) is 0 Å². The third-order valence-corrected chi connectivity index (χ3v) is 4.19. The summed E-state index contributed by atoms with van der Waals surface area (Å²) < 4.78 is 0. The second-order valence-corrected chi connectivity index (χ2v) is 5.47. The highest BCUT2D eigenvalue weighted by Crippen LogP contribution is 2.51. The minimum absolute atomic E-state index is 0.478. The maximum atomic E-state index is 6.06. The van der Waals surface area contributed by atoms with Crippen molar-refractivity contribution in [3.05, 3.63) is 35.9 Å². The van der Waals surface area contributed by atoms with Gasteiger partial charge in [-0.3, -0.25) is 4.90 Å². The van der Waals surface area contributed by atoms with Crippen molar-refractivity contribution in [1.82, 2.24) is 4.90 Å². The van der Waals surface area contributed by atoms with E-state index in [1.807, 2.05) is 0 Å². The lowest BCUT2D eigenvalue weighted by atomic mass is 9.94. The number of rotatable bonds is 2. The summed E-state index contributed by atoms with van der Waals surface area (Å²) in [6.07, 6.45) is 3.91. The van der Waals surface area contributed by atoms with Crippen molar-refractivity contribution in [2.75, 3.05) is 13.1 Å². The molecule has 0 radical (unpaired) electrons. The van der Waals surface area contributed by atoms with E-state index in [2.05, 4.69) is 35.2 Å². The van der Waals surface area contributed by atoms with Crippen LogP contribution in [0.1, 0.15) is 24.8 Å². The van der Waals surface area contributed by atoms with E-state index in [0.717, 1.165) is 6.54 Å². The second kappa shape index (κ2) is 3.86. The smallest absolute Gasteiger partial charge is 0.0233 e. The molecule has 1 aliphatic heterocycles. The predicted octanol–water partition coefficient (Wildman–Crippen LogP) is 2.00. The Balaban J connectivity index is 1.64. The maximum absolute atomic E-state index is 6.06. The summed E-state index contributed by atoms with van der Waals surface area (Å²) in [5.41, 5.74) is 7.98. The lowest BCUT2D eigenvalue weighted by Crippen LogP contribution is -2.38. The summed E-state index contributed by atoms with van der Waals surface area (Å²) in [7, 11) is 0. The molecule has 1 saturated carbocycles. The highest BCUT2D eigenvalue weighted by molar-refractivity contribution is 5.16. The van der Waals surface area contributed by atoms with E-state index in [0.29, 0.717) is 11.5 Å². The number of nitrogens with two attached hydrogens (primary N) is 1. The highest BCUT2D eigenvalue weighted by Gasteiger charge is 2.53. The molecule has 1 heterocycles. The molecule has 1 aliphatic carbocycles. The summed E-state index contributed by atoms with van der Waals surface area (Å²) in [4.78, 5) is 2.58. The SMILES string of the molecule is NC1CC12CCCN(Cc1ccccc1)C2.